The van der Waals surface area contributed by atoms with E-state index in [1.54, 1.807) is 0 Å². The summed E-state index contributed by atoms with van der Waals surface area (Å²) in [5.41, 5.74) is 6.11. The van der Waals surface area contributed by atoms with Crippen LogP contribution in [0.5, 0.6) is 0 Å². The molecule has 19 heavy (non-hydrogen) atoms. The van der Waals surface area contributed by atoms with Gasteiger partial charge in [0.05, 0.1) is 0 Å². The summed E-state index contributed by atoms with van der Waals surface area (Å²) < 4.78 is 0. The Bertz CT molecular complexity index is 590. The molecule has 2 heteroatoms. The van der Waals surface area contributed by atoms with Crippen molar-refractivity contribution in [3.63, 3.8) is 0 Å². The maximum Gasteiger partial charge on any atom is 0.0459 e. The lowest BCUT2D eigenvalue weighted by Gasteiger charge is -2.15. The molecular weight excluding hydrogens is 254 g/mol. The summed E-state index contributed by atoms with van der Waals surface area (Å²) in [6.45, 7) is 6.35. The van der Waals surface area contributed by atoms with Crippen molar-refractivity contribution in [3.8, 4) is 11.1 Å². The Labute approximate surface area is 120 Å². The molecule has 0 amide bonds. The van der Waals surface area contributed by atoms with Crippen LogP contribution in [-0.4, -0.2) is 7.05 Å². The van der Waals surface area contributed by atoms with Crippen molar-refractivity contribution in [2.24, 2.45) is 0 Å². The topological polar surface area (TPSA) is 12.0 Å². The second-order valence-electron chi connectivity index (χ2n) is 5.07. The SMILES string of the molecule is CNC(C)c1ccc(-c2cc(C)ccc2C)cc1Cl. The van der Waals surface area contributed by atoms with E-state index in [0.29, 0.717) is 0 Å². The zero-order valence-electron chi connectivity index (χ0n) is 11.9. The number of halogens is 1. The van der Waals surface area contributed by atoms with Crippen molar-refractivity contribution in [3.05, 3.63) is 58.1 Å². The zero-order chi connectivity index (χ0) is 14.0. The first-order chi connectivity index (χ1) is 9.02. The number of nitrogens with one attached hydrogen (secondary N) is 1. The van der Waals surface area contributed by atoms with Gasteiger partial charge in [-0.15, -0.1) is 0 Å². The molecule has 1 N–H and O–H groups in total. The van der Waals surface area contributed by atoms with Crippen molar-refractivity contribution < 1.29 is 0 Å². The van der Waals surface area contributed by atoms with Crippen molar-refractivity contribution in [2.75, 3.05) is 7.05 Å². The van der Waals surface area contributed by atoms with Crippen LogP contribution in [0, 0.1) is 13.8 Å². The fourth-order valence-electron chi connectivity index (χ4n) is 2.25. The second-order valence-corrected chi connectivity index (χ2v) is 5.47. The fourth-order valence-corrected chi connectivity index (χ4v) is 2.59. The van der Waals surface area contributed by atoms with Crippen LogP contribution in [0.3, 0.4) is 0 Å². The smallest absolute Gasteiger partial charge is 0.0459 e. The molecule has 2 aromatic carbocycles. The van der Waals surface area contributed by atoms with Crippen LogP contribution >= 0.6 is 11.6 Å². The molecule has 0 spiro atoms. The minimum Gasteiger partial charge on any atom is -0.313 e. The van der Waals surface area contributed by atoms with Crippen LogP contribution in [-0.2, 0) is 0 Å². The highest BCUT2D eigenvalue weighted by Gasteiger charge is 2.10. The average Bonchev–Trinajstić information content (AvgIpc) is 2.40. The van der Waals surface area contributed by atoms with Crippen molar-refractivity contribution >= 4 is 11.6 Å². The third-order valence-electron chi connectivity index (χ3n) is 3.60. The molecule has 0 saturated carbocycles. The monoisotopic (exact) mass is 273 g/mol. The maximum absolute atomic E-state index is 6.41. The van der Waals surface area contributed by atoms with Crippen molar-refractivity contribution in [1.82, 2.24) is 5.32 Å². The van der Waals surface area contributed by atoms with E-state index < -0.39 is 0 Å². The Morgan fingerprint density at radius 2 is 1.79 bits per heavy atom. The van der Waals surface area contributed by atoms with Gasteiger partial charge < -0.3 is 5.32 Å². The quantitative estimate of drug-likeness (QED) is 0.838. The van der Waals surface area contributed by atoms with Crippen LogP contribution in [0.1, 0.15) is 29.7 Å². The minimum atomic E-state index is 0.264. The lowest BCUT2D eigenvalue weighted by molar-refractivity contribution is 0.652. The normalized spacial score (nSPS) is 12.5. The highest BCUT2D eigenvalue weighted by molar-refractivity contribution is 6.31. The summed E-state index contributed by atoms with van der Waals surface area (Å²) in [5, 5.41) is 4.04. The first-order valence-electron chi connectivity index (χ1n) is 6.57. The highest BCUT2D eigenvalue weighted by Crippen LogP contribution is 2.31. The van der Waals surface area contributed by atoms with Gasteiger partial charge >= 0.3 is 0 Å². The molecular formula is C17H20ClN. The van der Waals surface area contributed by atoms with Crippen molar-refractivity contribution in [1.29, 1.82) is 0 Å². The van der Waals surface area contributed by atoms with Crippen LogP contribution in [0.25, 0.3) is 11.1 Å². The summed E-state index contributed by atoms with van der Waals surface area (Å²) in [6.07, 6.45) is 0. The number of hydrogen-bond acceptors (Lipinski definition) is 1. The number of aryl methyl sites for hydroxylation is 2. The van der Waals surface area contributed by atoms with E-state index in [-0.39, 0.29) is 6.04 Å². The molecule has 100 valence electrons. The molecule has 0 aromatic heterocycles. The minimum absolute atomic E-state index is 0.264. The molecule has 2 rings (SSSR count). The van der Waals surface area contributed by atoms with Gasteiger partial charge in [-0.1, -0.05) is 47.5 Å². The van der Waals surface area contributed by atoms with Gasteiger partial charge in [-0.3, -0.25) is 0 Å². The van der Waals surface area contributed by atoms with Gasteiger partial charge in [0.15, 0.2) is 0 Å². The van der Waals surface area contributed by atoms with Gasteiger partial charge in [0.25, 0.3) is 0 Å². The van der Waals surface area contributed by atoms with Crippen LogP contribution in [0.2, 0.25) is 5.02 Å². The molecule has 0 radical (unpaired) electrons. The Balaban J connectivity index is 2.47. The molecule has 1 unspecified atom stereocenters. The lowest BCUT2D eigenvalue weighted by Crippen LogP contribution is -2.12. The van der Waals surface area contributed by atoms with E-state index in [1.807, 2.05) is 7.05 Å². The Morgan fingerprint density at radius 3 is 2.42 bits per heavy atom. The Morgan fingerprint density at radius 1 is 1.05 bits per heavy atom. The van der Waals surface area contributed by atoms with Crippen LogP contribution in [0.15, 0.2) is 36.4 Å². The average molecular weight is 274 g/mol. The Hall–Kier alpha value is -1.31. The van der Waals surface area contributed by atoms with Gasteiger partial charge in [-0.2, -0.15) is 0 Å². The standard InChI is InChI=1S/C17H20ClN/c1-11-5-6-12(2)16(9-11)14-7-8-15(13(3)19-4)17(18)10-14/h5-10,13,19H,1-4H3. The second kappa shape index (κ2) is 5.77. The molecule has 0 bridgehead atoms. The molecule has 0 aliphatic carbocycles. The molecule has 0 saturated heterocycles. The number of hydrogen-bond donors (Lipinski definition) is 1. The number of rotatable bonds is 3. The predicted octanol–water partition coefficient (Wildman–Crippen LogP) is 4.90. The van der Waals surface area contributed by atoms with Crippen LogP contribution in [0.4, 0.5) is 0 Å². The summed E-state index contributed by atoms with van der Waals surface area (Å²) in [4.78, 5) is 0. The van der Waals surface area contributed by atoms with E-state index in [4.69, 9.17) is 11.6 Å². The van der Waals surface area contributed by atoms with E-state index in [1.165, 1.54) is 22.3 Å². The van der Waals surface area contributed by atoms with Gasteiger partial charge in [-0.05, 0) is 56.1 Å². The van der Waals surface area contributed by atoms with Gasteiger partial charge in [0.1, 0.15) is 0 Å². The van der Waals surface area contributed by atoms with E-state index in [2.05, 4.69) is 62.5 Å². The summed E-state index contributed by atoms with van der Waals surface area (Å²) >= 11 is 6.41. The summed E-state index contributed by atoms with van der Waals surface area (Å²) in [7, 11) is 1.94. The van der Waals surface area contributed by atoms with E-state index in [9.17, 15) is 0 Å². The molecule has 2 aromatic rings. The fraction of sp³-hybridized carbons (Fsp3) is 0.294. The van der Waals surface area contributed by atoms with E-state index >= 15 is 0 Å². The third-order valence-corrected chi connectivity index (χ3v) is 3.93. The zero-order valence-corrected chi connectivity index (χ0v) is 12.7. The lowest BCUT2D eigenvalue weighted by atomic mass is 9.96. The number of benzene rings is 2. The maximum atomic E-state index is 6.41. The first kappa shape index (κ1) is 14.1. The molecule has 1 atom stereocenters. The molecule has 0 aliphatic rings. The van der Waals surface area contributed by atoms with Gasteiger partial charge in [0, 0.05) is 11.1 Å². The molecule has 0 heterocycles. The van der Waals surface area contributed by atoms with Crippen molar-refractivity contribution in [2.45, 2.75) is 26.8 Å². The van der Waals surface area contributed by atoms with Gasteiger partial charge in [-0.25, -0.2) is 0 Å². The predicted molar refractivity (Wildman–Crippen MR) is 83.8 cm³/mol. The largest absolute Gasteiger partial charge is 0.313 e. The van der Waals surface area contributed by atoms with E-state index in [0.717, 1.165) is 10.6 Å². The first-order valence-corrected chi connectivity index (χ1v) is 6.95. The summed E-state index contributed by atoms with van der Waals surface area (Å²) in [5.74, 6) is 0. The Kier molecular flexibility index (Phi) is 4.28. The molecule has 1 nitrogen and oxygen atoms in total. The summed E-state index contributed by atoms with van der Waals surface area (Å²) in [6, 6.07) is 13.1. The third kappa shape index (κ3) is 2.99. The highest BCUT2D eigenvalue weighted by atomic mass is 35.5. The van der Waals surface area contributed by atoms with Gasteiger partial charge in [0.2, 0.25) is 0 Å². The molecule has 0 fully saturated rings. The molecule has 0 aliphatic heterocycles. The van der Waals surface area contributed by atoms with Crippen LogP contribution < -0.4 is 5.32 Å².